The van der Waals surface area contributed by atoms with Gasteiger partial charge in [-0.25, -0.2) is 9.97 Å². The number of fused-ring (bicyclic) bond motifs is 1. The lowest BCUT2D eigenvalue weighted by Gasteiger charge is -2.08. The van der Waals surface area contributed by atoms with Crippen molar-refractivity contribution in [2.24, 2.45) is 0 Å². The Hall–Kier alpha value is -3.35. The van der Waals surface area contributed by atoms with Gasteiger partial charge in [0, 0.05) is 29.5 Å². The first kappa shape index (κ1) is 15.5. The number of carbonyl (C=O) groups is 1. The van der Waals surface area contributed by atoms with Gasteiger partial charge in [-0.05, 0) is 18.2 Å². The van der Waals surface area contributed by atoms with Crippen molar-refractivity contribution in [3.8, 4) is 11.4 Å². The fourth-order valence-corrected chi connectivity index (χ4v) is 2.42. The number of nitro benzene ring substituents is 1. The monoisotopic (exact) mass is 323 g/mol. The van der Waals surface area contributed by atoms with Crippen LogP contribution in [0.15, 0.2) is 48.5 Å². The number of rotatable bonds is 5. The number of benzene rings is 2. The minimum Gasteiger partial charge on any atom is -0.481 e. The van der Waals surface area contributed by atoms with Crippen molar-refractivity contribution in [1.29, 1.82) is 0 Å². The smallest absolute Gasteiger partial charge is 0.303 e. The van der Waals surface area contributed by atoms with E-state index in [-0.39, 0.29) is 12.1 Å². The molecule has 0 fully saturated rings. The topological polar surface area (TPSA) is 106 Å². The van der Waals surface area contributed by atoms with E-state index in [1.807, 2.05) is 24.3 Å². The first-order chi connectivity index (χ1) is 11.5. The van der Waals surface area contributed by atoms with Crippen molar-refractivity contribution in [2.75, 3.05) is 0 Å². The summed E-state index contributed by atoms with van der Waals surface area (Å²) in [5.74, 6) is -0.474. The third-order valence-electron chi connectivity index (χ3n) is 3.59. The summed E-state index contributed by atoms with van der Waals surface area (Å²) in [4.78, 5) is 30.1. The maximum atomic E-state index is 10.9. The number of non-ortho nitro benzene ring substituents is 1. The van der Waals surface area contributed by atoms with Crippen LogP contribution in [-0.4, -0.2) is 26.0 Å². The van der Waals surface area contributed by atoms with Gasteiger partial charge in [0.15, 0.2) is 5.82 Å². The van der Waals surface area contributed by atoms with Crippen molar-refractivity contribution < 1.29 is 14.8 Å². The molecule has 120 valence electrons. The van der Waals surface area contributed by atoms with Gasteiger partial charge in [-0.15, -0.1) is 0 Å². The summed E-state index contributed by atoms with van der Waals surface area (Å²) in [7, 11) is 0. The van der Waals surface area contributed by atoms with E-state index >= 15 is 0 Å². The maximum absolute atomic E-state index is 10.9. The van der Waals surface area contributed by atoms with Gasteiger partial charge < -0.3 is 5.11 Å². The lowest BCUT2D eigenvalue weighted by molar-refractivity contribution is -0.384. The summed E-state index contributed by atoms with van der Waals surface area (Å²) in [6.45, 7) is 0. The van der Waals surface area contributed by atoms with Crippen molar-refractivity contribution in [2.45, 2.75) is 12.8 Å². The molecule has 1 heterocycles. The van der Waals surface area contributed by atoms with E-state index < -0.39 is 10.9 Å². The molecule has 0 radical (unpaired) electrons. The Kier molecular flexibility index (Phi) is 4.15. The third-order valence-corrected chi connectivity index (χ3v) is 3.59. The lowest BCUT2D eigenvalue weighted by atomic mass is 10.1. The van der Waals surface area contributed by atoms with Gasteiger partial charge in [-0.1, -0.05) is 18.2 Å². The molecule has 7 heteroatoms. The number of hydrogen-bond acceptors (Lipinski definition) is 5. The molecular formula is C17H13N3O4. The average Bonchev–Trinajstić information content (AvgIpc) is 2.59. The number of para-hydroxylation sites is 1. The number of aryl methyl sites for hydroxylation is 1. The van der Waals surface area contributed by atoms with Crippen LogP contribution in [0.25, 0.3) is 22.3 Å². The van der Waals surface area contributed by atoms with E-state index in [9.17, 15) is 14.9 Å². The molecule has 0 spiro atoms. The minimum atomic E-state index is -0.894. The van der Waals surface area contributed by atoms with Gasteiger partial charge in [0.2, 0.25) is 0 Å². The predicted molar refractivity (Wildman–Crippen MR) is 87.6 cm³/mol. The molecule has 0 aliphatic carbocycles. The Morgan fingerprint density at radius 2 is 1.79 bits per heavy atom. The van der Waals surface area contributed by atoms with Crippen LogP contribution >= 0.6 is 0 Å². The Morgan fingerprint density at radius 3 is 2.46 bits per heavy atom. The summed E-state index contributed by atoms with van der Waals surface area (Å²) < 4.78 is 0. The molecule has 0 bridgehead atoms. The van der Waals surface area contributed by atoms with E-state index in [0.717, 1.165) is 5.39 Å². The Morgan fingerprint density at radius 1 is 1.08 bits per heavy atom. The van der Waals surface area contributed by atoms with Crippen LogP contribution in [0.2, 0.25) is 0 Å². The lowest BCUT2D eigenvalue weighted by Crippen LogP contribution is -2.02. The molecule has 7 nitrogen and oxygen atoms in total. The molecule has 24 heavy (non-hydrogen) atoms. The van der Waals surface area contributed by atoms with Gasteiger partial charge in [0.05, 0.1) is 22.6 Å². The highest BCUT2D eigenvalue weighted by atomic mass is 16.6. The Bertz CT molecular complexity index is 923. The zero-order chi connectivity index (χ0) is 17.1. The largest absolute Gasteiger partial charge is 0.481 e. The maximum Gasteiger partial charge on any atom is 0.303 e. The van der Waals surface area contributed by atoms with Gasteiger partial charge in [-0.3, -0.25) is 14.9 Å². The molecule has 0 saturated carbocycles. The van der Waals surface area contributed by atoms with Gasteiger partial charge >= 0.3 is 5.97 Å². The van der Waals surface area contributed by atoms with Gasteiger partial charge in [0.1, 0.15) is 0 Å². The molecule has 0 aliphatic heterocycles. The second kappa shape index (κ2) is 6.41. The fraction of sp³-hybridized carbons (Fsp3) is 0.118. The second-order valence-corrected chi connectivity index (χ2v) is 5.21. The molecule has 1 N–H and O–H groups in total. The summed E-state index contributed by atoms with van der Waals surface area (Å²) in [5, 5.41) is 20.5. The van der Waals surface area contributed by atoms with Crippen molar-refractivity contribution in [3.63, 3.8) is 0 Å². The highest BCUT2D eigenvalue weighted by Gasteiger charge is 2.12. The molecule has 3 rings (SSSR count). The predicted octanol–water partition coefficient (Wildman–Crippen LogP) is 3.22. The SMILES string of the molecule is O=C(O)CCc1nc(-c2ccc([N+](=O)[O-])cc2)nc2ccccc12. The molecule has 0 saturated heterocycles. The third kappa shape index (κ3) is 3.19. The molecular weight excluding hydrogens is 310 g/mol. The number of hydrogen-bond donors (Lipinski definition) is 1. The summed E-state index contributed by atoms with van der Waals surface area (Å²) in [6, 6.07) is 13.3. The first-order valence-corrected chi connectivity index (χ1v) is 7.27. The molecule has 3 aromatic rings. The number of aliphatic carboxylic acids is 1. The zero-order valence-corrected chi connectivity index (χ0v) is 12.5. The quantitative estimate of drug-likeness (QED) is 0.570. The molecule has 0 atom stereocenters. The second-order valence-electron chi connectivity index (χ2n) is 5.21. The number of carboxylic acid groups (broad SMARTS) is 1. The highest BCUT2D eigenvalue weighted by molar-refractivity contribution is 5.83. The molecule has 2 aromatic carbocycles. The molecule has 0 amide bonds. The number of aromatic nitrogens is 2. The van der Waals surface area contributed by atoms with E-state index in [0.29, 0.717) is 29.0 Å². The average molecular weight is 323 g/mol. The van der Waals surface area contributed by atoms with E-state index in [1.54, 1.807) is 12.1 Å². The van der Waals surface area contributed by atoms with Crippen LogP contribution in [0.3, 0.4) is 0 Å². The van der Waals surface area contributed by atoms with Gasteiger partial charge in [0.25, 0.3) is 5.69 Å². The number of carboxylic acids is 1. The molecule has 1 aromatic heterocycles. The van der Waals surface area contributed by atoms with Crippen LogP contribution in [-0.2, 0) is 11.2 Å². The van der Waals surface area contributed by atoms with E-state index in [2.05, 4.69) is 9.97 Å². The van der Waals surface area contributed by atoms with E-state index in [4.69, 9.17) is 5.11 Å². The number of nitro groups is 1. The van der Waals surface area contributed by atoms with Crippen LogP contribution in [0, 0.1) is 10.1 Å². The van der Waals surface area contributed by atoms with Crippen molar-refractivity contribution in [1.82, 2.24) is 9.97 Å². The summed E-state index contributed by atoms with van der Waals surface area (Å²) >= 11 is 0. The fourth-order valence-electron chi connectivity index (χ4n) is 2.42. The minimum absolute atomic E-state index is 0.00867. The van der Waals surface area contributed by atoms with Crippen LogP contribution in [0.4, 0.5) is 5.69 Å². The standard InChI is InChI=1S/C17H13N3O4/c21-16(22)10-9-15-13-3-1-2-4-14(13)18-17(19-15)11-5-7-12(8-6-11)20(23)24/h1-8H,9-10H2,(H,21,22). The summed E-state index contributed by atoms with van der Waals surface area (Å²) in [5.41, 5.74) is 1.99. The summed E-state index contributed by atoms with van der Waals surface area (Å²) in [6.07, 6.45) is 0.263. The molecule has 0 aliphatic rings. The Balaban J connectivity index is 2.07. The van der Waals surface area contributed by atoms with Crippen LogP contribution < -0.4 is 0 Å². The van der Waals surface area contributed by atoms with Crippen molar-refractivity contribution >= 4 is 22.6 Å². The van der Waals surface area contributed by atoms with Gasteiger partial charge in [-0.2, -0.15) is 0 Å². The highest BCUT2D eigenvalue weighted by Crippen LogP contribution is 2.24. The van der Waals surface area contributed by atoms with Crippen LogP contribution in [0.1, 0.15) is 12.1 Å². The normalized spacial score (nSPS) is 10.7. The van der Waals surface area contributed by atoms with E-state index in [1.165, 1.54) is 12.1 Å². The zero-order valence-electron chi connectivity index (χ0n) is 12.5. The van der Waals surface area contributed by atoms with Crippen LogP contribution in [0.5, 0.6) is 0 Å². The number of nitrogens with zero attached hydrogens (tertiary/aromatic N) is 3. The molecule has 0 unspecified atom stereocenters. The Labute approximate surface area is 136 Å². The van der Waals surface area contributed by atoms with Crippen molar-refractivity contribution in [3.05, 3.63) is 64.3 Å². The first-order valence-electron chi connectivity index (χ1n) is 7.27.